The third-order valence-electron chi connectivity index (χ3n) is 2.38. The standard InChI is InChI=1S/C12H12ClN3O3/c1-16(7-11(17)18)6-10-14-15-12(19-10)8-4-2-3-5-9(8)13/h2-5H,6-7H2,1H3,(H,17,18). The Morgan fingerprint density at radius 1 is 1.42 bits per heavy atom. The second-order valence-corrected chi connectivity index (χ2v) is 4.45. The highest BCUT2D eigenvalue weighted by atomic mass is 35.5. The average molecular weight is 282 g/mol. The highest BCUT2D eigenvalue weighted by molar-refractivity contribution is 6.33. The molecule has 0 radical (unpaired) electrons. The number of aliphatic carboxylic acids is 1. The van der Waals surface area contributed by atoms with Gasteiger partial charge in [0.05, 0.1) is 23.7 Å². The molecule has 2 aromatic rings. The van der Waals surface area contributed by atoms with Gasteiger partial charge in [0.2, 0.25) is 11.8 Å². The minimum atomic E-state index is -0.909. The van der Waals surface area contributed by atoms with E-state index < -0.39 is 5.97 Å². The maximum Gasteiger partial charge on any atom is 0.317 e. The van der Waals surface area contributed by atoms with Gasteiger partial charge in [-0.1, -0.05) is 23.7 Å². The summed E-state index contributed by atoms with van der Waals surface area (Å²) in [6.45, 7) is 0.174. The van der Waals surface area contributed by atoms with Crippen LogP contribution in [-0.2, 0) is 11.3 Å². The Morgan fingerprint density at radius 2 is 2.16 bits per heavy atom. The van der Waals surface area contributed by atoms with Crippen LogP contribution in [0.2, 0.25) is 5.02 Å². The van der Waals surface area contributed by atoms with Crippen LogP contribution < -0.4 is 0 Å². The number of hydrogen-bond acceptors (Lipinski definition) is 5. The molecule has 0 saturated heterocycles. The molecule has 0 bridgehead atoms. The van der Waals surface area contributed by atoms with Crippen LogP contribution >= 0.6 is 11.6 Å². The lowest BCUT2D eigenvalue weighted by Gasteiger charge is -2.09. The van der Waals surface area contributed by atoms with Gasteiger partial charge in [0.15, 0.2) is 0 Å². The SMILES string of the molecule is CN(CC(=O)O)Cc1nnc(-c2ccccc2Cl)o1. The summed E-state index contributed by atoms with van der Waals surface area (Å²) < 4.78 is 5.46. The van der Waals surface area contributed by atoms with E-state index in [1.54, 1.807) is 24.1 Å². The summed E-state index contributed by atoms with van der Waals surface area (Å²) in [4.78, 5) is 12.1. The van der Waals surface area contributed by atoms with Crippen LogP contribution in [-0.4, -0.2) is 39.8 Å². The summed E-state index contributed by atoms with van der Waals surface area (Å²) in [5.41, 5.74) is 0.656. The minimum absolute atomic E-state index is 0.0934. The van der Waals surface area contributed by atoms with Gasteiger partial charge >= 0.3 is 5.97 Å². The zero-order valence-corrected chi connectivity index (χ0v) is 11.0. The van der Waals surface area contributed by atoms with Crippen molar-refractivity contribution in [3.8, 4) is 11.5 Å². The van der Waals surface area contributed by atoms with E-state index >= 15 is 0 Å². The van der Waals surface area contributed by atoms with Crippen molar-refractivity contribution in [2.45, 2.75) is 6.54 Å². The molecule has 1 N–H and O–H groups in total. The Kier molecular flexibility index (Phi) is 4.13. The van der Waals surface area contributed by atoms with Crippen LogP contribution in [0.1, 0.15) is 5.89 Å². The summed E-state index contributed by atoms with van der Waals surface area (Å²) in [6.07, 6.45) is 0. The van der Waals surface area contributed by atoms with E-state index in [0.717, 1.165) is 0 Å². The third-order valence-corrected chi connectivity index (χ3v) is 2.71. The zero-order valence-electron chi connectivity index (χ0n) is 10.2. The van der Waals surface area contributed by atoms with Gasteiger partial charge in [-0.15, -0.1) is 10.2 Å². The number of halogens is 1. The number of likely N-dealkylation sites (N-methyl/N-ethyl adjacent to an activating group) is 1. The van der Waals surface area contributed by atoms with E-state index in [0.29, 0.717) is 22.4 Å². The van der Waals surface area contributed by atoms with Crippen LogP contribution in [0.15, 0.2) is 28.7 Å². The number of rotatable bonds is 5. The summed E-state index contributed by atoms with van der Waals surface area (Å²) in [5.74, 6) is -0.240. The summed E-state index contributed by atoms with van der Waals surface area (Å²) in [6, 6.07) is 7.14. The molecular formula is C12H12ClN3O3. The number of hydrogen-bond donors (Lipinski definition) is 1. The maximum atomic E-state index is 10.5. The third kappa shape index (κ3) is 3.52. The molecular weight excluding hydrogens is 270 g/mol. The Labute approximate surface area is 114 Å². The van der Waals surface area contributed by atoms with E-state index in [4.69, 9.17) is 21.1 Å². The fourth-order valence-electron chi connectivity index (χ4n) is 1.58. The second kappa shape index (κ2) is 5.81. The maximum absolute atomic E-state index is 10.5. The first-order chi connectivity index (χ1) is 9.06. The second-order valence-electron chi connectivity index (χ2n) is 4.05. The van der Waals surface area contributed by atoms with Gasteiger partial charge in [0.1, 0.15) is 0 Å². The topological polar surface area (TPSA) is 79.5 Å². The molecule has 0 aliphatic heterocycles. The fourth-order valence-corrected chi connectivity index (χ4v) is 1.80. The number of carboxylic acids is 1. The zero-order chi connectivity index (χ0) is 13.8. The molecule has 1 aromatic heterocycles. The molecule has 0 aliphatic carbocycles. The van der Waals surface area contributed by atoms with Crippen LogP contribution in [0.3, 0.4) is 0 Å². The molecule has 0 saturated carbocycles. The van der Waals surface area contributed by atoms with Crippen molar-refractivity contribution in [2.75, 3.05) is 13.6 Å². The molecule has 1 aromatic carbocycles. The minimum Gasteiger partial charge on any atom is -0.480 e. The Balaban J connectivity index is 2.11. The molecule has 0 unspecified atom stereocenters. The first kappa shape index (κ1) is 13.5. The summed E-state index contributed by atoms with van der Waals surface area (Å²) >= 11 is 6.03. The summed E-state index contributed by atoms with van der Waals surface area (Å²) in [7, 11) is 1.66. The molecule has 6 nitrogen and oxygen atoms in total. The molecule has 0 amide bonds. The lowest BCUT2D eigenvalue weighted by atomic mass is 10.2. The first-order valence-corrected chi connectivity index (χ1v) is 5.91. The van der Waals surface area contributed by atoms with Gasteiger partial charge < -0.3 is 9.52 Å². The summed E-state index contributed by atoms with van der Waals surface area (Å²) in [5, 5.41) is 17.0. The van der Waals surface area contributed by atoms with Crippen molar-refractivity contribution < 1.29 is 14.3 Å². The van der Waals surface area contributed by atoms with Gasteiger partial charge in [-0.05, 0) is 19.2 Å². The number of carbonyl (C=O) groups is 1. The molecule has 0 aliphatic rings. The van der Waals surface area contributed by atoms with Gasteiger partial charge in [-0.2, -0.15) is 0 Å². The van der Waals surface area contributed by atoms with Gasteiger partial charge in [0.25, 0.3) is 0 Å². The Morgan fingerprint density at radius 3 is 2.84 bits per heavy atom. The molecule has 100 valence electrons. The van der Waals surface area contributed by atoms with Crippen molar-refractivity contribution in [3.63, 3.8) is 0 Å². The number of benzene rings is 1. The van der Waals surface area contributed by atoms with Crippen molar-refractivity contribution in [1.82, 2.24) is 15.1 Å². The van der Waals surface area contributed by atoms with Crippen LogP contribution in [0.5, 0.6) is 0 Å². The smallest absolute Gasteiger partial charge is 0.317 e. The lowest BCUT2D eigenvalue weighted by Crippen LogP contribution is -2.25. The fraction of sp³-hybridized carbons (Fsp3) is 0.250. The Hall–Kier alpha value is -1.92. The predicted molar refractivity (Wildman–Crippen MR) is 68.7 cm³/mol. The van der Waals surface area contributed by atoms with Gasteiger partial charge in [-0.25, -0.2) is 0 Å². The predicted octanol–water partition coefficient (Wildman–Crippen LogP) is 1.91. The largest absolute Gasteiger partial charge is 0.480 e. The number of nitrogens with zero attached hydrogens (tertiary/aromatic N) is 3. The molecule has 0 atom stereocenters. The van der Waals surface area contributed by atoms with E-state index in [1.807, 2.05) is 12.1 Å². The van der Waals surface area contributed by atoms with E-state index in [-0.39, 0.29) is 13.1 Å². The first-order valence-electron chi connectivity index (χ1n) is 5.54. The van der Waals surface area contributed by atoms with Crippen molar-refractivity contribution in [1.29, 1.82) is 0 Å². The van der Waals surface area contributed by atoms with Gasteiger partial charge in [-0.3, -0.25) is 9.69 Å². The van der Waals surface area contributed by atoms with Crippen molar-refractivity contribution in [3.05, 3.63) is 35.2 Å². The molecule has 2 rings (SSSR count). The van der Waals surface area contributed by atoms with E-state index in [1.165, 1.54) is 0 Å². The van der Waals surface area contributed by atoms with E-state index in [9.17, 15) is 4.79 Å². The molecule has 0 fully saturated rings. The van der Waals surface area contributed by atoms with Crippen molar-refractivity contribution >= 4 is 17.6 Å². The number of carboxylic acid groups (broad SMARTS) is 1. The van der Waals surface area contributed by atoms with Crippen LogP contribution in [0, 0.1) is 0 Å². The monoisotopic (exact) mass is 281 g/mol. The normalized spacial score (nSPS) is 10.9. The van der Waals surface area contributed by atoms with Crippen LogP contribution in [0.25, 0.3) is 11.5 Å². The molecule has 7 heteroatoms. The Bertz CT molecular complexity index is 585. The highest BCUT2D eigenvalue weighted by Crippen LogP contribution is 2.26. The van der Waals surface area contributed by atoms with E-state index in [2.05, 4.69) is 10.2 Å². The molecule has 19 heavy (non-hydrogen) atoms. The molecule has 0 spiro atoms. The number of aromatic nitrogens is 2. The van der Waals surface area contributed by atoms with Crippen molar-refractivity contribution in [2.24, 2.45) is 0 Å². The highest BCUT2D eigenvalue weighted by Gasteiger charge is 2.13. The average Bonchev–Trinajstić information content (AvgIpc) is 2.76. The lowest BCUT2D eigenvalue weighted by molar-refractivity contribution is -0.138. The van der Waals surface area contributed by atoms with Gasteiger partial charge in [0, 0.05) is 0 Å². The quantitative estimate of drug-likeness (QED) is 0.902. The van der Waals surface area contributed by atoms with Crippen LogP contribution in [0.4, 0.5) is 0 Å². The molecule has 1 heterocycles.